The number of rotatable bonds is 5. The summed E-state index contributed by atoms with van der Waals surface area (Å²) in [5.41, 5.74) is 12.2. The summed E-state index contributed by atoms with van der Waals surface area (Å²) in [6.45, 7) is 0.989. The first kappa shape index (κ1) is 26.9. The van der Waals surface area contributed by atoms with Crippen molar-refractivity contribution in [3.05, 3.63) is 176 Å². The third-order valence-corrected chi connectivity index (χ3v) is 9.99. The van der Waals surface area contributed by atoms with E-state index in [-0.39, 0.29) is 0 Å². The molecular weight excluding hydrogens is 585 g/mol. The third-order valence-electron chi connectivity index (χ3n) is 9.99. The standard InChI is InChI=1S/C44H32N4/c1-3-11-33(12-4-1)45-29-27-39-37-15-7-9-17-41(37)47(43(39)45)35-23-19-31(20-24-35)32-21-25-36(26-22-32)48-42-18-10-8-16-38(42)40-28-30-46(44(40)48)34-13-5-2-6-14-34/h1-27,29H,28,30H2. The number of anilines is 2. The fourth-order valence-corrected chi connectivity index (χ4v) is 7.81. The Kier molecular flexibility index (Phi) is 5.97. The second-order valence-electron chi connectivity index (χ2n) is 12.6. The molecule has 4 heterocycles. The van der Waals surface area contributed by atoms with Crippen molar-refractivity contribution < 1.29 is 0 Å². The number of hydrogen-bond acceptors (Lipinski definition) is 1. The summed E-state index contributed by atoms with van der Waals surface area (Å²) in [7, 11) is 0. The van der Waals surface area contributed by atoms with Gasteiger partial charge in [-0.25, -0.2) is 0 Å². The summed E-state index contributed by atoms with van der Waals surface area (Å²) < 4.78 is 7.13. The van der Waals surface area contributed by atoms with Crippen molar-refractivity contribution in [2.75, 3.05) is 11.4 Å². The van der Waals surface area contributed by atoms with Gasteiger partial charge in [-0.1, -0.05) is 97.1 Å². The van der Waals surface area contributed by atoms with Crippen molar-refractivity contribution in [3.63, 3.8) is 0 Å². The van der Waals surface area contributed by atoms with Crippen molar-refractivity contribution in [2.24, 2.45) is 0 Å². The Morgan fingerprint density at radius 2 is 0.938 bits per heavy atom. The van der Waals surface area contributed by atoms with Gasteiger partial charge in [-0.05, 0) is 84.3 Å². The summed E-state index contributed by atoms with van der Waals surface area (Å²) in [5, 5.41) is 3.86. The number of benzene rings is 6. The molecule has 1 aliphatic heterocycles. The smallest absolute Gasteiger partial charge is 0.130 e. The number of para-hydroxylation sites is 4. The Bertz CT molecular complexity index is 2590. The van der Waals surface area contributed by atoms with Gasteiger partial charge >= 0.3 is 0 Å². The van der Waals surface area contributed by atoms with Gasteiger partial charge in [0.1, 0.15) is 11.5 Å². The van der Waals surface area contributed by atoms with Gasteiger partial charge in [0.2, 0.25) is 0 Å². The lowest BCUT2D eigenvalue weighted by Crippen LogP contribution is -2.16. The van der Waals surface area contributed by atoms with Gasteiger partial charge in [-0.15, -0.1) is 0 Å². The lowest BCUT2D eigenvalue weighted by Gasteiger charge is -2.22. The van der Waals surface area contributed by atoms with E-state index in [9.17, 15) is 0 Å². The summed E-state index contributed by atoms with van der Waals surface area (Å²) in [6, 6.07) is 59.2. The molecule has 9 aromatic rings. The summed E-state index contributed by atoms with van der Waals surface area (Å²) in [6.07, 6.45) is 3.22. The van der Waals surface area contributed by atoms with E-state index in [1.165, 1.54) is 66.7 Å². The van der Waals surface area contributed by atoms with Crippen LogP contribution in [0.4, 0.5) is 11.5 Å². The fraction of sp³-hybridized carbons (Fsp3) is 0.0455. The zero-order valence-electron chi connectivity index (χ0n) is 26.4. The van der Waals surface area contributed by atoms with Gasteiger partial charge in [0, 0.05) is 57.2 Å². The van der Waals surface area contributed by atoms with E-state index in [4.69, 9.17) is 0 Å². The highest BCUT2D eigenvalue weighted by atomic mass is 15.3. The molecule has 0 bridgehead atoms. The molecule has 0 aliphatic carbocycles. The highest BCUT2D eigenvalue weighted by molar-refractivity contribution is 6.09. The Hall–Kier alpha value is -6.26. The second-order valence-corrected chi connectivity index (χ2v) is 12.6. The minimum atomic E-state index is 0.989. The predicted octanol–water partition coefficient (Wildman–Crippen LogP) is 10.9. The van der Waals surface area contributed by atoms with Gasteiger partial charge in [0.25, 0.3) is 0 Å². The van der Waals surface area contributed by atoms with Crippen molar-refractivity contribution >= 4 is 44.3 Å². The number of aromatic nitrogens is 3. The van der Waals surface area contributed by atoms with Crippen molar-refractivity contribution in [1.82, 2.24) is 13.7 Å². The second kappa shape index (κ2) is 10.6. The molecule has 1 aliphatic rings. The molecule has 0 spiro atoms. The zero-order chi connectivity index (χ0) is 31.6. The molecule has 3 aromatic heterocycles. The van der Waals surface area contributed by atoms with Crippen LogP contribution >= 0.6 is 0 Å². The largest absolute Gasteiger partial charge is 0.327 e. The highest BCUT2D eigenvalue weighted by Crippen LogP contribution is 2.43. The van der Waals surface area contributed by atoms with Crippen LogP contribution in [0.15, 0.2) is 170 Å². The van der Waals surface area contributed by atoms with E-state index in [1.54, 1.807) is 0 Å². The van der Waals surface area contributed by atoms with E-state index in [0.717, 1.165) is 24.3 Å². The molecule has 0 N–H and O–H groups in total. The number of hydrogen-bond donors (Lipinski definition) is 0. The molecule has 6 aromatic carbocycles. The summed E-state index contributed by atoms with van der Waals surface area (Å²) in [4.78, 5) is 2.47. The normalized spacial score (nSPS) is 12.8. The predicted molar refractivity (Wildman–Crippen MR) is 200 cm³/mol. The average Bonchev–Trinajstić information content (AvgIpc) is 3.93. The van der Waals surface area contributed by atoms with Crippen LogP contribution < -0.4 is 4.90 Å². The molecule has 228 valence electrons. The molecule has 0 unspecified atom stereocenters. The van der Waals surface area contributed by atoms with Crippen molar-refractivity contribution in [2.45, 2.75) is 6.42 Å². The van der Waals surface area contributed by atoms with Crippen LogP contribution in [0.1, 0.15) is 5.56 Å². The van der Waals surface area contributed by atoms with Crippen LogP contribution in [0, 0.1) is 0 Å². The van der Waals surface area contributed by atoms with E-state index in [2.05, 4.69) is 189 Å². The first-order chi connectivity index (χ1) is 23.8. The number of nitrogens with zero attached hydrogens (tertiary/aromatic N) is 4. The van der Waals surface area contributed by atoms with Gasteiger partial charge in [0.15, 0.2) is 0 Å². The Labute approximate surface area is 279 Å². The molecule has 0 radical (unpaired) electrons. The minimum absolute atomic E-state index is 0.989. The fourth-order valence-electron chi connectivity index (χ4n) is 7.81. The molecule has 0 atom stereocenters. The molecule has 0 saturated carbocycles. The zero-order valence-corrected chi connectivity index (χ0v) is 26.4. The molecule has 0 amide bonds. The van der Waals surface area contributed by atoms with E-state index < -0.39 is 0 Å². The highest BCUT2D eigenvalue weighted by Gasteiger charge is 2.29. The van der Waals surface area contributed by atoms with Crippen LogP contribution in [0.25, 0.3) is 61.0 Å². The maximum Gasteiger partial charge on any atom is 0.130 e. The molecule has 0 saturated heterocycles. The van der Waals surface area contributed by atoms with Gasteiger partial charge < -0.3 is 9.47 Å². The average molecular weight is 617 g/mol. The van der Waals surface area contributed by atoms with Crippen LogP contribution in [-0.2, 0) is 6.42 Å². The summed E-state index contributed by atoms with van der Waals surface area (Å²) >= 11 is 0. The van der Waals surface area contributed by atoms with Crippen LogP contribution in [0.3, 0.4) is 0 Å². The molecule has 48 heavy (non-hydrogen) atoms. The Morgan fingerprint density at radius 1 is 0.396 bits per heavy atom. The van der Waals surface area contributed by atoms with E-state index >= 15 is 0 Å². The molecule has 0 fully saturated rings. The van der Waals surface area contributed by atoms with Crippen LogP contribution in [0.2, 0.25) is 0 Å². The van der Waals surface area contributed by atoms with Crippen molar-refractivity contribution in [1.29, 1.82) is 0 Å². The number of fused-ring (bicyclic) bond motifs is 6. The summed E-state index contributed by atoms with van der Waals surface area (Å²) in [5.74, 6) is 1.28. The molecule has 4 nitrogen and oxygen atoms in total. The van der Waals surface area contributed by atoms with Crippen molar-refractivity contribution in [3.8, 4) is 28.2 Å². The lowest BCUT2D eigenvalue weighted by atomic mass is 10.0. The SMILES string of the molecule is c1ccc(N2CCc3c2n(-c2ccc(-c4ccc(-n5c6ccccc6c6ccn(-c7ccccc7)c65)cc4)cc2)c2ccccc32)cc1. The topological polar surface area (TPSA) is 18.0 Å². The van der Waals surface area contributed by atoms with Crippen LogP contribution in [0.5, 0.6) is 0 Å². The van der Waals surface area contributed by atoms with Gasteiger partial charge in [-0.2, -0.15) is 0 Å². The monoisotopic (exact) mass is 616 g/mol. The lowest BCUT2D eigenvalue weighted by molar-refractivity contribution is 0.965. The molecule has 10 rings (SSSR count). The Morgan fingerprint density at radius 3 is 1.60 bits per heavy atom. The minimum Gasteiger partial charge on any atom is -0.327 e. The van der Waals surface area contributed by atoms with E-state index in [0.29, 0.717) is 0 Å². The van der Waals surface area contributed by atoms with Gasteiger partial charge in [-0.3, -0.25) is 9.13 Å². The molecule has 4 heteroatoms. The first-order valence-electron chi connectivity index (χ1n) is 16.7. The maximum atomic E-state index is 2.47. The first-order valence-corrected chi connectivity index (χ1v) is 16.7. The van der Waals surface area contributed by atoms with E-state index in [1.807, 2.05) is 0 Å². The Balaban J connectivity index is 1.04. The molecular formula is C44H32N4. The quantitative estimate of drug-likeness (QED) is 0.188. The van der Waals surface area contributed by atoms with Gasteiger partial charge in [0.05, 0.1) is 11.0 Å². The maximum absolute atomic E-state index is 2.47. The third kappa shape index (κ3) is 4.02. The van der Waals surface area contributed by atoms with Crippen LogP contribution in [-0.4, -0.2) is 20.2 Å².